The molecule has 19 heavy (non-hydrogen) atoms. The average Bonchev–Trinajstić information content (AvgIpc) is 2.98. The lowest BCUT2D eigenvalue weighted by molar-refractivity contribution is 0.102. The highest BCUT2D eigenvalue weighted by atomic mass is 32.2. The highest BCUT2D eigenvalue weighted by Gasteiger charge is 2.35. The molecule has 1 aromatic rings. The van der Waals surface area contributed by atoms with Gasteiger partial charge in [-0.25, -0.2) is 8.42 Å². The van der Waals surface area contributed by atoms with Crippen LogP contribution in [0.4, 0.5) is 0 Å². The van der Waals surface area contributed by atoms with Gasteiger partial charge in [-0.1, -0.05) is 0 Å². The maximum Gasteiger partial charge on any atom is 0.252 e. The summed E-state index contributed by atoms with van der Waals surface area (Å²) in [5.74, 6) is 0. The standard InChI is InChI=1S/C12H20N2O3S2/c1-9-11(6-7-17-9)14(3)19(15,16)12-5-4-10(18-12)8-13-2/h4-5,9,11,13H,6-8H2,1-3H3. The Morgan fingerprint density at radius 3 is 2.84 bits per heavy atom. The van der Waals surface area contributed by atoms with E-state index in [-0.39, 0.29) is 12.1 Å². The number of thiophene rings is 1. The minimum atomic E-state index is -3.41. The molecule has 5 nitrogen and oxygen atoms in total. The number of ether oxygens (including phenoxy) is 1. The van der Waals surface area contributed by atoms with Crippen LogP contribution < -0.4 is 5.32 Å². The van der Waals surface area contributed by atoms with Crippen molar-refractivity contribution in [2.75, 3.05) is 20.7 Å². The lowest BCUT2D eigenvalue weighted by Gasteiger charge is -2.25. The van der Waals surface area contributed by atoms with Crippen molar-refractivity contribution >= 4 is 21.4 Å². The molecule has 108 valence electrons. The second-order valence-electron chi connectivity index (χ2n) is 4.70. The van der Waals surface area contributed by atoms with E-state index in [0.717, 1.165) is 11.3 Å². The molecule has 2 atom stereocenters. The van der Waals surface area contributed by atoms with E-state index in [4.69, 9.17) is 4.74 Å². The molecule has 1 aromatic heterocycles. The fourth-order valence-corrected chi connectivity index (χ4v) is 5.28. The molecule has 1 aliphatic heterocycles. The largest absolute Gasteiger partial charge is 0.377 e. The fourth-order valence-electron chi connectivity index (χ4n) is 2.28. The van der Waals surface area contributed by atoms with Gasteiger partial charge in [0, 0.05) is 25.1 Å². The number of sulfonamides is 1. The molecule has 0 spiro atoms. The minimum absolute atomic E-state index is 0.0449. The van der Waals surface area contributed by atoms with E-state index in [1.54, 1.807) is 13.1 Å². The first-order valence-electron chi connectivity index (χ1n) is 6.29. The number of likely N-dealkylation sites (N-methyl/N-ethyl adjacent to an activating group) is 1. The molecule has 2 heterocycles. The van der Waals surface area contributed by atoms with Gasteiger partial charge < -0.3 is 10.1 Å². The summed E-state index contributed by atoms with van der Waals surface area (Å²) in [5, 5.41) is 3.02. The molecule has 2 rings (SSSR count). The third kappa shape index (κ3) is 3.00. The lowest BCUT2D eigenvalue weighted by atomic mass is 10.2. The summed E-state index contributed by atoms with van der Waals surface area (Å²) < 4.78 is 32.4. The van der Waals surface area contributed by atoms with Gasteiger partial charge in [-0.05, 0) is 32.5 Å². The summed E-state index contributed by atoms with van der Waals surface area (Å²) in [4.78, 5) is 1.02. The van der Waals surface area contributed by atoms with Crippen molar-refractivity contribution < 1.29 is 13.2 Å². The Bertz CT molecular complexity index is 527. The van der Waals surface area contributed by atoms with Crippen molar-refractivity contribution in [1.82, 2.24) is 9.62 Å². The maximum absolute atomic E-state index is 12.5. The van der Waals surface area contributed by atoms with Crippen LogP contribution in [0.25, 0.3) is 0 Å². The van der Waals surface area contributed by atoms with Gasteiger partial charge in [-0.3, -0.25) is 0 Å². The van der Waals surface area contributed by atoms with Crippen LogP contribution in [0.1, 0.15) is 18.2 Å². The van der Waals surface area contributed by atoms with Gasteiger partial charge in [0.05, 0.1) is 12.1 Å². The fraction of sp³-hybridized carbons (Fsp3) is 0.667. The van der Waals surface area contributed by atoms with E-state index in [0.29, 0.717) is 17.4 Å². The van der Waals surface area contributed by atoms with E-state index in [1.165, 1.54) is 15.6 Å². The molecule has 0 radical (unpaired) electrons. The summed E-state index contributed by atoms with van der Waals surface area (Å²) in [6, 6.07) is 3.47. The third-order valence-corrected chi connectivity index (χ3v) is 6.86. The predicted octanol–water partition coefficient (Wildman–Crippen LogP) is 1.27. The van der Waals surface area contributed by atoms with Crippen LogP contribution in [0, 0.1) is 0 Å². The number of hydrogen-bond acceptors (Lipinski definition) is 5. The average molecular weight is 304 g/mol. The highest BCUT2D eigenvalue weighted by Crippen LogP contribution is 2.28. The second-order valence-corrected chi connectivity index (χ2v) is 8.10. The first kappa shape index (κ1) is 14.9. The SMILES string of the molecule is CNCc1ccc(S(=O)(=O)N(C)C2CCOC2C)s1. The first-order chi connectivity index (χ1) is 8.96. The van der Waals surface area contributed by atoms with Gasteiger partial charge in [0.2, 0.25) is 0 Å². The smallest absolute Gasteiger partial charge is 0.252 e. The molecule has 0 aromatic carbocycles. The zero-order valence-corrected chi connectivity index (χ0v) is 13.1. The van der Waals surface area contributed by atoms with E-state index in [9.17, 15) is 8.42 Å². The van der Waals surface area contributed by atoms with E-state index in [1.807, 2.05) is 20.0 Å². The summed E-state index contributed by atoms with van der Waals surface area (Å²) in [5.41, 5.74) is 0. The zero-order valence-electron chi connectivity index (χ0n) is 11.4. The topological polar surface area (TPSA) is 58.6 Å². The quantitative estimate of drug-likeness (QED) is 0.890. The Balaban J connectivity index is 2.20. The monoisotopic (exact) mass is 304 g/mol. The third-order valence-electron chi connectivity index (χ3n) is 3.42. The Kier molecular flexibility index (Phi) is 4.62. The molecule has 2 unspecified atom stereocenters. The normalized spacial score (nSPS) is 24.2. The van der Waals surface area contributed by atoms with Gasteiger partial charge in [0.15, 0.2) is 0 Å². The molecule has 1 aliphatic rings. The minimum Gasteiger partial charge on any atom is -0.377 e. The van der Waals surface area contributed by atoms with Crippen molar-refractivity contribution in [1.29, 1.82) is 0 Å². The molecular weight excluding hydrogens is 284 g/mol. The molecule has 0 bridgehead atoms. The molecule has 0 saturated carbocycles. The number of nitrogens with one attached hydrogen (secondary N) is 1. The Hall–Kier alpha value is -0.470. The van der Waals surface area contributed by atoms with Gasteiger partial charge in [-0.15, -0.1) is 11.3 Å². The number of nitrogens with zero attached hydrogens (tertiary/aromatic N) is 1. The summed E-state index contributed by atoms with van der Waals surface area (Å²) >= 11 is 1.32. The first-order valence-corrected chi connectivity index (χ1v) is 8.55. The van der Waals surface area contributed by atoms with Gasteiger partial charge in [0.25, 0.3) is 10.0 Å². The van der Waals surface area contributed by atoms with Crippen LogP contribution in [0.2, 0.25) is 0 Å². The predicted molar refractivity (Wildman–Crippen MR) is 75.9 cm³/mol. The Morgan fingerprint density at radius 2 is 2.26 bits per heavy atom. The second kappa shape index (κ2) is 5.88. The Morgan fingerprint density at radius 1 is 1.53 bits per heavy atom. The number of hydrogen-bond donors (Lipinski definition) is 1. The van der Waals surface area contributed by atoms with E-state index >= 15 is 0 Å². The van der Waals surface area contributed by atoms with Crippen LogP contribution in [-0.2, 0) is 21.3 Å². The molecule has 1 N–H and O–H groups in total. The van der Waals surface area contributed by atoms with Crippen LogP contribution in [-0.4, -0.2) is 45.6 Å². The summed E-state index contributed by atoms with van der Waals surface area (Å²) in [6.45, 7) is 3.23. The summed E-state index contributed by atoms with van der Waals surface area (Å²) in [7, 11) is 0.0776. The van der Waals surface area contributed by atoms with Gasteiger partial charge in [0.1, 0.15) is 4.21 Å². The molecule has 1 fully saturated rings. The van der Waals surface area contributed by atoms with Crippen LogP contribution in [0.3, 0.4) is 0 Å². The van der Waals surface area contributed by atoms with Crippen molar-refractivity contribution in [3.05, 3.63) is 17.0 Å². The Labute approximate surface area is 118 Å². The van der Waals surface area contributed by atoms with Crippen LogP contribution in [0.5, 0.6) is 0 Å². The van der Waals surface area contributed by atoms with Gasteiger partial charge >= 0.3 is 0 Å². The van der Waals surface area contributed by atoms with E-state index in [2.05, 4.69) is 5.32 Å². The van der Waals surface area contributed by atoms with E-state index < -0.39 is 10.0 Å². The van der Waals surface area contributed by atoms with Crippen molar-refractivity contribution in [2.24, 2.45) is 0 Å². The lowest BCUT2D eigenvalue weighted by Crippen LogP contribution is -2.40. The molecular formula is C12H20N2O3S2. The van der Waals surface area contributed by atoms with Crippen molar-refractivity contribution in [3.8, 4) is 0 Å². The van der Waals surface area contributed by atoms with Gasteiger partial charge in [-0.2, -0.15) is 4.31 Å². The summed E-state index contributed by atoms with van der Waals surface area (Å²) in [6.07, 6.45) is 0.711. The van der Waals surface area contributed by atoms with Crippen LogP contribution in [0.15, 0.2) is 16.3 Å². The zero-order chi connectivity index (χ0) is 14.0. The molecule has 7 heteroatoms. The van der Waals surface area contributed by atoms with Crippen LogP contribution >= 0.6 is 11.3 Å². The number of rotatable bonds is 5. The van der Waals surface area contributed by atoms with Crippen molar-refractivity contribution in [2.45, 2.75) is 36.2 Å². The highest BCUT2D eigenvalue weighted by molar-refractivity contribution is 7.91. The molecule has 1 saturated heterocycles. The maximum atomic E-state index is 12.5. The van der Waals surface area contributed by atoms with Crippen molar-refractivity contribution in [3.63, 3.8) is 0 Å². The molecule has 0 aliphatic carbocycles. The molecule has 0 amide bonds.